The second-order valence-corrected chi connectivity index (χ2v) is 4.26. The van der Waals surface area contributed by atoms with Crippen LogP contribution in [0.2, 0.25) is 0 Å². The van der Waals surface area contributed by atoms with Crippen molar-refractivity contribution >= 4 is 27.5 Å². The third kappa shape index (κ3) is 4.30. The lowest BCUT2D eigenvalue weighted by Crippen LogP contribution is -2.21. The third-order valence-corrected chi connectivity index (χ3v) is 2.46. The van der Waals surface area contributed by atoms with Crippen molar-refractivity contribution in [3.8, 4) is 0 Å². The van der Waals surface area contributed by atoms with Crippen LogP contribution < -0.4 is 11.1 Å². The van der Waals surface area contributed by atoms with Crippen LogP contribution >= 0.6 is 15.9 Å². The second kappa shape index (κ2) is 6.62. The number of aryl methyl sites for hydroxylation is 1. The molecule has 0 atom stereocenters. The number of hydrogen-bond acceptors (Lipinski definition) is 3. The van der Waals surface area contributed by atoms with Gasteiger partial charge in [-0.2, -0.15) is 0 Å². The van der Waals surface area contributed by atoms with E-state index in [0.717, 1.165) is 15.7 Å². The van der Waals surface area contributed by atoms with E-state index in [0.29, 0.717) is 13.2 Å². The maximum Gasteiger partial charge on any atom is 0.250 e. The molecule has 4 nitrogen and oxygen atoms in total. The molecule has 0 radical (unpaired) electrons. The minimum atomic E-state index is -0.172. The van der Waals surface area contributed by atoms with E-state index in [1.807, 2.05) is 25.1 Å². The van der Waals surface area contributed by atoms with E-state index in [1.165, 1.54) is 0 Å². The first-order chi connectivity index (χ1) is 7.63. The smallest absolute Gasteiger partial charge is 0.250 e. The van der Waals surface area contributed by atoms with Gasteiger partial charge in [0.05, 0.1) is 6.61 Å². The molecule has 1 aromatic rings. The van der Waals surface area contributed by atoms with E-state index < -0.39 is 0 Å². The topological polar surface area (TPSA) is 64.3 Å². The SMILES string of the molecule is Cc1ccc(Br)cc1NC(=O)COCCN. The molecule has 0 aliphatic carbocycles. The molecule has 0 spiro atoms. The van der Waals surface area contributed by atoms with E-state index in [2.05, 4.69) is 21.2 Å². The lowest BCUT2D eigenvalue weighted by atomic mass is 10.2. The standard InChI is InChI=1S/C11H15BrN2O2/c1-8-2-3-9(12)6-10(8)14-11(15)7-16-5-4-13/h2-3,6H,4-5,7,13H2,1H3,(H,14,15). The fraction of sp³-hybridized carbons (Fsp3) is 0.364. The summed E-state index contributed by atoms with van der Waals surface area (Å²) in [5.74, 6) is -0.172. The molecule has 1 amide bonds. The minimum absolute atomic E-state index is 0.0309. The van der Waals surface area contributed by atoms with Crippen molar-refractivity contribution in [3.05, 3.63) is 28.2 Å². The van der Waals surface area contributed by atoms with Crippen LogP contribution in [0.25, 0.3) is 0 Å². The van der Waals surface area contributed by atoms with Gasteiger partial charge in [-0.05, 0) is 24.6 Å². The summed E-state index contributed by atoms with van der Waals surface area (Å²) in [7, 11) is 0. The molecule has 16 heavy (non-hydrogen) atoms. The number of carbonyl (C=O) groups excluding carboxylic acids is 1. The van der Waals surface area contributed by atoms with E-state index in [-0.39, 0.29) is 12.5 Å². The molecule has 0 saturated carbocycles. The highest BCUT2D eigenvalue weighted by molar-refractivity contribution is 9.10. The van der Waals surface area contributed by atoms with E-state index in [1.54, 1.807) is 0 Å². The fourth-order valence-electron chi connectivity index (χ4n) is 1.16. The number of amides is 1. The predicted molar refractivity (Wildman–Crippen MR) is 67.4 cm³/mol. The molecule has 0 aromatic heterocycles. The van der Waals surface area contributed by atoms with E-state index >= 15 is 0 Å². The number of nitrogens with two attached hydrogens (primary N) is 1. The molecule has 0 bridgehead atoms. The number of halogens is 1. The Morgan fingerprint density at radius 3 is 3.00 bits per heavy atom. The van der Waals surface area contributed by atoms with Gasteiger partial charge in [0.25, 0.3) is 0 Å². The quantitative estimate of drug-likeness (QED) is 0.810. The number of rotatable bonds is 5. The summed E-state index contributed by atoms with van der Waals surface area (Å²) >= 11 is 3.35. The maximum atomic E-state index is 11.5. The van der Waals surface area contributed by atoms with Gasteiger partial charge in [-0.3, -0.25) is 4.79 Å². The summed E-state index contributed by atoms with van der Waals surface area (Å²) < 4.78 is 5.97. The normalized spacial score (nSPS) is 10.2. The molecule has 1 aromatic carbocycles. The number of carbonyl (C=O) groups is 1. The minimum Gasteiger partial charge on any atom is -0.370 e. The summed E-state index contributed by atoms with van der Waals surface area (Å²) in [6.07, 6.45) is 0. The van der Waals surface area contributed by atoms with Crippen LogP contribution in [0.4, 0.5) is 5.69 Å². The molecule has 5 heteroatoms. The average molecular weight is 287 g/mol. The van der Waals surface area contributed by atoms with Gasteiger partial charge >= 0.3 is 0 Å². The number of nitrogens with one attached hydrogen (secondary N) is 1. The Bertz CT molecular complexity index is 369. The lowest BCUT2D eigenvalue weighted by Gasteiger charge is -2.08. The molecule has 0 heterocycles. The van der Waals surface area contributed by atoms with Gasteiger partial charge < -0.3 is 15.8 Å². The first kappa shape index (κ1) is 13.2. The van der Waals surface area contributed by atoms with Crippen molar-refractivity contribution < 1.29 is 9.53 Å². The molecular formula is C11H15BrN2O2. The Labute approximate surface area is 103 Å². The van der Waals surface area contributed by atoms with Gasteiger partial charge in [0.15, 0.2) is 0 Å². The van der Waals surface area contributed by atoms with E-state index in [9.17, 15) is 4.79 Å². The summed E-state index contributed by atoms with van der Waals surface area (Å²) in [6, 6.07) is 5.71. The van der Waals surface area contributed by atoms with Gasteiger partial charge in [0.2, 0.25) is 5.91 Å². The van der Waals surface area contributed by atoms with Crippen molar-refractivity contribution in [2.75, 3.05) is 25.1 Å². The van der Waals surface area contributed by atoms with Crippen molar-refractivity contribution in [3.63, 3.8) is 0 Å². The van der Waals surface area contributed by atoms with Gasteiger partial charge in [-0.25, -0.2) is 0 Å². The Balaban J connectivity index is 2.52. The van der Waals surface area contributed by atoms with Gasteiger partial charge in [0.1, 0.15) is 6.61 Å². The van der Waals surface area contributed by atoms with E-state index in [4.69, 9.17) is 10.5 Å². The zero-order valence-corrected chi connectivity index (χ0v) is 10.7. The average Bonchev–Trinajstić information content (AvgIpc) is 2.24. The molecule has 0 unspecified atom stereocenters. The highest BCUT2D eigenvalue weighted by Gasteiger charge is 2.05. The van der Waals surface area contributed by atoms with Crippen LogP contribution in [-0.4, -0.2) is 25.7 Å². The first-order valence-corrected chi connectivity index (χ1v) is 5.76. The van der Waals surface area contributed by atoms with Gasteiger partial charge in [-0.1, -0.05) is 22.0 Å². The van der Waals surface area contributed by atoms with Crippen LogP contribution in [-0.2, 0) is 9.53 Å². The van der Waals surface area contributed by atoms with Gasteiger partial charge in [0, 0.05) is 16.7 Å². The van der Waals surface area contributed by atoms with Crippen LogP contribution in [0.1, 0.15) is 5.56 Å². The predicted octanol–water partition coefficient (Wildman–Crippen LogP) is 1.67. The Morgan fingerprint density at radius 2 is 2.31 bits per heavy atom. The Hall–Kier alpha value is -0.910. The number of hydrogen-bond donors (Lipinski definition) is 2. The molecule has 3 N–H and O–H groups in total. The Morgan fingerprint density at radius 1 is 1.56 bits per heavy atom. The van der Waals surface area contributed by atoms with Crippen LogP contribution in [0.3, 0.4) is 0 Å². The first-order valence-electron chi connectivity index (χ1n) is 4.97. The van der Waals surface area contributed by atoms with Crippen LogP contribution in [0, 0.1) is 6.92 Å². The van der Waals surface area contributed by atoms with Crippen LogP contribution in [0.5, 0.6) is 0 Å². The highest BCUT2D eigenvalue weighted by atomic mass is 79.9. The molecule has 1 rings (SSSR count). The van der Waals surface area contributed by atoms with Crippen molar-refractivity contribution in [1.82, 2.24) is 0 Å². The largest absolute Gasteiger partial charge is 0.370 e. The maximum absolute atomic E-state index is 11.5. The molecular weight excluding hydrogens is 272 g/mol. The van der Waals surface area contributed by atoms with Crippen molar-refractivity contribution in [2.45, 2.75) is 6.92 Å². The molecule has 0 aliphatic rings. The zero-order chi connectivity index (χ0) is 12.0. The van der Waals surface area contributed by atoms with Crippen LogP contribution in [0.15, 0.2) is 22.7 Å². The summed E-state index contributed by atoms with van der Waals surface area (Å²) in [5, 5.41) is 2.78. The fourth-order valence-corrected chi connectivity index (χ4v) is 1.52. The molecule has 88 valence electrons. The lowest BCUT2D eigenvalue weighted by molar-refractivity contribution is -0.120. The Kier molecular flexibility index (Phi) is 5.45. The number of anilines is 1. The monoisotopic (exact) mass is 286 g/mol. The number of benzene rings is 1. The molecule has 0 aliphatic heterocycles. The van der Waals surface area contributed by atoms with Crippen molar-refractivity contribution in [2.24, 2.45) is 5.73 Å². The number of ether oxygens (including phenoxy) is 1. The molecule has 0 saturated heterocycles. The molecule has 0 fully saturated rings. The highest BCUT2D eigenvalue weighted by Crippen LogP contribution is 2.20. The third-order valence-electron chi connectivity index (χ3n) is 1.97. The summed E-state index contributed by atoms with van der Waals surface area (Å²) in [6.45, 7) is 2.78. The van der Waals surface area contributed by atoms with Crippen molar-refractivity contribution in [1.29, 1.82) is 0 Å². The van der Waals surface area contributed by atoms with Gasteiger partial charge in [-0.15, -0.1) is 0 Å². The second-order valence-electron chi connectivity index (χ2n) is 3.35. The summed E-state index contributed by atoms with van der Waals surface area (Å²) in [5.41, 5.74) is 7.05. The summed E-state index contributed by atoms with van der Waals surface area (Å²) in [4.78, 5) is 11.5. The zero-order valence-electron chi connectivity index (χ0n) is 9.13.